The minimum absolute atomic E-state index is 0.0682. The summed E-state index contributed by atoms with van der Waals surface area (Å²) < 4.78 is 1.73. The molecular formula is C21H27N7OS. The lowest BCUT2D eigenvalue weighted by atomic mass is 9.92. The quantitative estimate of drug-likeness (QED) is 0.666. The van der Waals surface area contributed by atoms with Crippen molar-refractivity contribution >= 4 is 29.0 Å². The zero-order valence-electron chi connectivity index (χ0n) is 17.8. The van der Waals surface area contributed by atoms with Gasteiger partial charge in [-0.05, 0) is 12.0 Å². The van der Waals surface area contributed by atoms with E-state index in [4.69, 9.17) is 5.73 Å². The molecule has 158 valence electrons. The molecule has 0 saturated carbocycles. The minimum Gasteiger partial charge on any atom is -0.368 e. The van der Waals surface area contributed by atoms with Gasteiger partial charge in [0.25, 0.3) is 5.91 Å². The summed E-state index contributed by atoms with van der Waals surface area (Å²) >= 11 is 1.65. The van der Waals surface area contributed by atoms with Crippen molar-refractivity contribution in [3.05, 3.63) is 51.1 Å². The summed E-state index contributed by atoms with van der Waals surface area (Å²) in [5.41, 5.74) is 9.41. The third-order valence-corrected chi connectivity index (χ3v) is 6.31. The highest BCUT2D eigenvalue weighted by Crippen LogP contribution is 2.30. The SMILES string of the molecule is Cn1nc(C(C)(C)C)cc1NC(=O)c1csc2c1CCN(Cc1cnc(N)nc1)C2. The standard InChI is InChI=1S/C21H27N7OS/c1-21(2,3)17-7-18(27(4)26-17)25-19(29)15-12-30-16-11-28(6-5-14(15)16)10-13-8-23-20(22)24-9-13/h7-9,12H,5-6,10-11H2,1-4H3,(H,25,29)(H2,22,23,24). The molecule has 4 heterocycles. The maximum absolute atomic E-state index is 13.0. The second-order valence-electron chi connectivity index (χ2n) is 8.70. The van der Waals surface area contributed by atoms with Crippen molar-refractivity contribution in [3.63, 3.8) is 0 Å². The van der Waals surface area contributed by atoms with Gasteiger partial charge in [0.15, 0.2) is 0 Å². The summed E-state index contributed by atoms with van der Waals surface area (Å²) in [6, 6.07) is 1.95. The van der Waals surface area contributed by atoms with Crippen molar-refractivity contribution < 1.29 is 4.79 Å². The molecule has 0 aromatic carbocycles. The Balaban J connectivity index is 1.45. The Labute approximate surface area is 180 Å². The highest BCUT2D eigenvalue weighted by atomic mass is 32.1. The first-order valence-corrected chi connectivity index (χ1v) is 10.8. The van der Waals surface area contributed by atoms with Gasteiger partial charge in [0.05, 0.1) is 11.3 Å². The zero-order chi connectivity index (χ0) is 21.5. The van der Waals surface area contributed by atoms with Gasteiger partial charge in [-0.15, -0.1) is 11.3 Å². The van der Waals surface area contributed by atoms with Crippen LogP contribution in [-0.4, -0.2) is 37.1 Å². The van der Waals surface area contributed by atoms with Gasteiger partial charge in [-0.2, -0.15) is 5.10 Å². The number of aryl methyl sites for hydroxylation is 1. The summed E-state index contributed by atoms with van der Waals surface area (Å²) in [7, 11) is 1.85. The van der Waals surface area contributed by atoms with Gasteiger partial charge < -0.3 is 11.1 Å². The Hall–Kier alpha value is -2.78. The topological polar surface area (TPSA) is 102 Å². The Kier molecular flexibility index (Phi) is 5.33. The highest BCUT2D eigenvalue weighted by molar-refractivity contribution is 7.10. The van der Waals surface area contributed by atoms with E-state index >= 15 is 0 Å². The van der Waals surface area contributed by atoms with Crippen molar-refractivity contribution in [2.75, 3.05) is 17.6 Å². The molecule has 1 aliphatic heterocycles. The molecule has 1 amide bonds. The molecule has 3 N–H and O–H groups in total. The van der Waals surface area contributed by atoms with Crippen LogP contribution in [0.25, 0.3) is 0 Å². The van der Waals surface area contributed by atoms with E-state index < -0.39 is 0 Å². The third kappa shape index (κ3) is 4.22. The Morgan fingerprint density at radius 2 is 2.03 bits per heavy atom. The molecule has 30 heavy (non-hydrogen) atoms. The van der Waals surface area contributed by atoms with E-state index in [2.05, 4.69) is 46.1 Å². The normalized spacial score (nSPS) is 14.5. The van der Waals surface area contributed by atoms with Crippen LogP contribution >= 0.6 is 11.3 Å². The molecular weight excluding hydrogens is 398 g/mol. The summed E-state index contributed by atoms with van der Waals surface area (Å²) in [6.45, 7) is 8.80. The van der Waals surface area contributed by atoms with Crippen LogP contribution in [0, 0.1) is 0 Å². The van der Waals surface area contributed by atoms with Gasteiger partial charge in [0.2, 0.25) is 5.95 Å². The van der Waals surface area contributed by atoms with E-state index in [1.165, 1.54) is 4.88 Å². The number of anilines is 2. The number of fused-ring (bicyclic) bond motifs is 1. The monoisotopic (exact) mass is 425 g/mol. The van der Waals surface area contributed by atoms with Crippen LogP contribution in [0.4, 0.5) is 11.8 Å². The molecule has 3 aromatic rings. The molecule has 0 bridgehead atoms. The molecule has 0 atom stereocenters. The maximum Gasteiger partial charge on any atom is 0.257 e. The first-order valence-electron chi connectivity index (χ1n) is 9.94. The number of nitrogens with two attached hydrogens (primary N) is 1. The van der Waals surface area contributed by atoms with E-state index in [0.29, 0.717) is 5.82 Å². The fourth-order valence-corrected chi connectivity index (χ4v) is 4.67. The molecule has 0 fully saturated rings. The molecule has 1 aliphatic rings. The summed E-state index contributed by atoms with van der Waals surface area (Å²) in [6.07, 6.45) is 4.38. The number of carbonyl (C=O) groups excluding carboxylic acids is 1. The number of nitrogens with zero attached hydrogens (tertiary/aromatic N) is 5. The lowest BCUT2D eigenvalue weighted by Crippen LogP contribution is -2.30. The molecule has 0 unspecified atom stereocenters. The Morgan fingerprint density at radius 3 is 2.70 bits per heavy atom. The van der Waals surface area contributed by atoms with Crippen LogP contribution in [0.3, 0.4) is 0 Å². The van der Waals surface area contributed by atoms with Crippen LogP contribution in [0.1, 0.15) is 52.8 Å². The van der Waals surface area contributed by atoms with Crippen molar-refractivity contribution in [1.29, 1.82) is 0 Å². The molecule has 0 spiro atoms. The average Bonchev–Trinajstić information content (AvgIpc) is 3.27. The number of amides is 1. The van der Waals surface area contributed by atoms with Crippen LogP contribution in [0.15, 0.2) is 23.8 Å². The smallest absolute Gasteiger partial charge is 0.257 e. The molecule has 0 saturated heterocycles. The zero-order valence-corrected chi connectivity index (χ0v) is 18.6. The van der Waals surface area contributed by atoms with Crippen LogP contribution in [-0.2, 0) is 32.0 Å². The fourth-order valence-electron chi connectivity index (χ4n) is 3.55. The van der Waals surface area contributed by atoms with Gasteiger partial charge in [-0.1, -0.05) is 20.8 Å². The van der Waals surface area contributed by atoms with Crippen molar-refractivity contribution in [3.8, 4) is 0 Å². The number of hydrogen-bond donors (Lipinski definition) is 2. The molecule has 3 aromatic heterocycles. The van der Waals surface area contributed by atoms with E-state index in [1.54, 1.807) is 28.4 Å². The van der Waals surface area contributed by atoms with Gasteiger partial charge >= 0.3 is 0 Å². The minimum atomic E-state index is -0.0728. The first-order chi connectivity index (χ1) is 14.2. The molecule has 0 aliphatic carbocycles. The summed E-state index contributed by atoms with van der Waals surface area (Å²) in [5.74, 6) is 0.929. The highest BCUT2D eigenvalue weighted by Gasteiger charge is 2.25. The largest absolute Gasteiger partial charge is 0.368 e. The molecule has 8 nitrogen and oxygen atoms in total. The van der Waals surface area contributed by atoms with Crippen molar-refractivity contribution in [2.45, 2.75) is 45.7 Å². The lowest BCUT2D eigenvalue weighted by Gasteiger charge is -2.27. The Bertz CT molecular complexity index is 1060. The van der Waals surface area contributed by atoms with Crippen LogP contribution < -0.4 is 11.1 Å². The predicted molar refractivity (Wildman–Crippen MR) is 118 cm³/mol. The Morgan fingerprint density at radius 1 is 1.30 bits per heavy atom. The predicted octanol–water partition coefficient (Wildman–Crippen LogP) is 2.96. The first kappa shape index (κ1) is 20.5. The van der Waals surface area contributed by atoms with Gasteiger partial charge in [0.1, 0.15) is 5.82 Å². The second-order valence-corrected chi connectivity index (χ2v) is 9.67. The van der Waals surface area contributed by atoms with E-state index in [9.17, 15) is 4.79 Å². The third-order valence-electron chi connectivity index (χ3n) is 5.29. The number of aromatic nitrogens is 4. The number of hydrogen-bond acceptors (Lipinski definition) is 7. The van der Waals surface area contributed by atoms with Crippen LogP contribution in [0.2, 0.25) is 0 Å². The van der Waals surface area contributed by atoms with Gasteiger partial charge in [-0.3, -0.25) is 14.4 Å². The van der Waals surface area contributed by atoms with E-state index in [-0.39, 0.29) is 17.3 Å². The average molecular weight is 426 g/mol. The van der Waals surface area contributed by atoms with E-state index in [0.717, 1.165) is 48.4 Å². The van der Waals surface area contributed by atoms with Crippen LogP contribution in [0.5, 0.6) is 0 Å². The second kappa shape index (κ2) is 7.81. The molecule has 9 heteroatoms. The maximum atomic E-state index is 13.0. The van der Waals surface area contributed by atoms with Crippen molar-refractivity contribution in [1.82, 2.24) is 24.6 Å². The number of rotatable bonds is 4. The fraction of sp³-hybridized carbons (Fsp3) is 0.429. The van der Waals surface area contributed by atoms with Gasteiger partial charge in [-0.25, -0.2) is 9.97 Å². The number of nitrogen functional groups attached to an aromatic ring is 1. The van der Waals surface area contributed by atoms with E-state index in [1.807, 2.05) is 18.5 Å². The number of carbonyl (C=O) groups is 1. The lowest BCUT2D eigenvalue weighted by molar-refractivity contribution is 0.102. The summed E-state index contributed by atoms with van der Waals surface area (Å²) in [5, 5.41) is 9.55. The van der Waals surface area contributed by atoms with Gasteiger partial charge in [0, 0.05) is 66.4 Å². The molecule has 4 rings (SSSR count). The molecule has 0 radical (unpaired) electrons. The summed E-state index contributed by atoms with van der Waals surface area (Å²) in [4.78, 5) is 24.7. The number of thiophene rings is 1. The van der Waals surface area contributed by atoms with Crippen molar-refractivity contribution in [2.24, 2.45) is 7.05 Å². The number of nitrogens with one attached hydrogen (secondary N) is 1.